The molecule has 0 bridgehead atoms. The highest BCUT2D eigenvalue weighted by Crippen LogP contribution is 2.35. The molecule has 0 aliphatic carbocycles. The van der Waals surface area contributed by atoms with Crippen molar-refractivity contribution >= 4 is 26.9 Å². The van der Waals surface area contributed by atoms with Crippen LogP contribution in [0.1, 0.15) is 53.5 Å². The van der Waals surface area contributed by atoms with Gasteiger partial charge < -0.3 is 5.11 Å². The highest BCUT2D eigenvalue weighted by atomic mass is 32.2. The second-order valence-electron chi connectivity index (χ2n) is 9.63. The Morgan fingerprint density at radius 1 is 0.889 bits per heavy atom. The van der Waals surface area contributed by atoms with Crippen LogP contribution in [0, 0.1) is 0 Å². The summed E-state index contributed by atoms with van der Waals surface area (Å²) in [5, 5.41) is 9.27. The summed E-state index contributed by atoms with van der Waals surface area (Å²) in [4.78, 5) is 11.2. The molecular weight excluding hydrogens is 491 g/mol. The van der Waals surface area contributed by atoms with E-state index >= 15 is 0 Å². The lowest BCUT2D eigenvalue weighted by Gasteiger charge is -2.20. The van der Waals surface area contributed by atoms with Crippen molar-refractivity contribution in [1.29, 1.82) is 0 Å². The number of carboxylic acid groups (broad SMARTS) is 1. The van der Waals surface area contributed by atoms with Crippen LogP contribution in [0.25, 0.3) is 10.9 Å². The number of fused-ring (bicyclic) bond motifs is 1. The van der Waals surface area contributed by atoms with Crippen LogP contribution in [0.3, 0.4) is 0 Å². The number of rotatable bonds is 5. The normalized spacial score (nSPS) is 12.7. The van der Waals surface area contributed by atoms with E-state index in [1.165, 1.54) is 30.3 Å². The maximum absolute atomic E-state index is 13.9. The van der Waals surface area contributed by atoms with Crippen LogP contribution in [0.15, 0.2) is 77.7 Å². The number of alkyl halides is 3. The molecule has 4 aromatic rings. The van der Waals surface area contributed by atoms with E-state index in [4.69, 9.17) is 5.11 Å². The summed E-state index contributed by atoms with van der Waals surface area (Å²) in [6.45, 7) is 5.86. The molecule has 36 heavy (non-hydrogen) atoms. The molecule has 5 nitrogen and oxygen atoms in total. The fraction of sp³-hybridized carbons (Fsp3) is 0.222. The molecular formula is C27H24F3NO4S. The average Bonchev–Trinajstić information content (AvgIpc) is 3.16. The van der Waals surface area contributed by atoms with E-state index in [9.17, 15) is 26.4 Å². The van der Waals surface area contributed by atoms with E-state index in [1.54, 1.807) is 24.3 Å². The predicted molar refractivity (Wildman–Crippen MR) is 131 cm³/mol. The maximum Gasteiger partial charge on any atom is 0.416 e. The summed E-state index contributed by atoms with van der Waals surface area (Å²) >= 11 is 0. The fourth-order valence-electron chi connectivity index (χ4n) is 4.03. The highest BCUT2D eigenvalue weighted by molar-refractivity contribution is 7.90. The molecule has 1 aromatic heterocycles. The third-order valence-electron chi connectivity index (χ3n) is 5.98. The summed E-state index contributed by atoms with van der Waals surface area (Å²) in [6.07, 6.45) is -4.52. The zero-order valence-corrected chi connectivity index (χ0v) is 20.6. The van der Waals surface area contributed by atoms with Gasteiger partial charge in [0.25, 0.3) is 10.0 Å². The van der Waals surface area contributed by atoms with Crippen LogP contribution in [0.4, 0.5) is 13.2 Å². The van der Waals surface area contributed by atoms with Gasteiger partial charge in [0.15, 0.2) is 0 Å². The van der Waals surface area contributed by atoms with Crippen molar-refractivity contribution in [2.45, 2.75) is 43.7 Å². The molecule has 0 fully saturated rings. The first kappa shape index (κ1) is 25.5. The van der Waals surface area contributed by atoms with Crippen LogP contribution in [-0.4, -0.2) is 23.5 Å². The Kier molecular flexibility index (Phi) is 6.24. The number of nitrogens with zero attached hydrogens (tertiary/aromatic N) is 1. The number of carboxylic acids is 1. The Morgan fingerprint density at radius 2 is 1.56 bits per heavy atom. The van der Waals surface area contributed by atoms with Crippen LogP contribution < -0.4 is 0 Å². The smallest absolute Gasteiger partial charge is 0.416 e. The summed E-state index contributed by atoms with van der Waals surface area (Å²) in [6, 6.07) is 16.8. The molecule has 0 aliphatic rings. The van der Waals surface area contributed by atoms with Gasteiger partial charge in [0.2, 0.25) is 0 Å². The summed E-state index contributed by atoms with van der Waals surface area (Å²) < 4.78 is 68.9. The van der Waals surface area contributed by atoms with Gasteiger partial charge in [-0.3, -0.25) is 0 Å². The molecule has 0 aliphatic heterocycles. The second kappa shape index (κ2) is 8.81. The first-order valence-electron chi connectivity index (χ1n) is 11.1. The zero-order valence-electron chi connectivity index (χ0n) is 19.8. The third kappa shape index (κ3) is 4.88. The number of halogens is 3. The fourth-order valence-corrected chi connectivity index (χ4v) is 5.62. The van der Waals surface area contributed by atoms with Gasteiger partial charge in [-0.15, -0.1) is 0 Å². The van der Waals surface area contributed by atoms with Crippen molar-refractivity contribution in [2.24, 2.45) is 0 Å². The predicted octanol–water partition coefficient (Wildman–Crippen LogP) is 6.48. The Bertz CT molecular complexity index is 1560. The molecule has 0 atom stereocenters. The van der Waals surface area contributed by atoms with Crippen molar-refractivity contribution in [3.8, 4) is 0 Å². The molecule has 188 valence electrons. The Morgan fingerprint density at radius 3 is 2.14 bits per heavy atom. The Balaban J connectivity index is 1.92. The topological polar surface area (TPSA) is 76.4 Å². The number of aromatic carboxylic acids is 1. The molecule has 3 aromatic carbocycles. The average molecular weight is 516 g/mol. The van der Waals surface area contributed by atoms with Gasteiger partial charge in [-0.2, -0.15) is 13.2 Å². The molecule has 4 rings (SSSR count). The third-order valence-corrected chi connectivity index (χ3v) is 7.74. The standard InChI is InChI=1S/C27H24F3NO4S/c1-26(2,3)20-5-4-6-23(16-20)36(34,35)31-22(13-17-7-9-18(10-8-17)25(32)33)15-19-14-21(27(28,29)30)11-12-24(19)31/h4-12,14-16H,13H2,1-3H3,(H,32,33). The monoisotopic (exact) mass is 515 g/mol. The zero-order chi connectivity index (χ0) is 26.5. The second-order valence-corrected chi connectivity index (χ2v) is 11.4. The van der Waals surface area contributed by atoms with Crippen molar-refractivity contribution in [2.75, 3.05) is 0 Å². The molecule has 0 spiro atoms. The Labute approximate surface area is 206 Å². The summed E-state index contributed by atoms with van der Waals surface area (Å²) in [7, 11) is -4.18. The quantitative estimate of drug-likeness (QED) is 0.330. The van der Waals surface area contributed by atoms with Crippen molar-refractivity contribution in [3.63, 3.8) is 0 Å². The molecule has 0 unspecified atom stereocenters. The van der Waals surface area contributed by atoms with Crippen LogP contribution in [0.5, 0.6) is 0 Å². The van der Waals surface area contributed by atoms with Crippen LogP contribution in [-0.2, 0) is 28.0 Å². The van der Waals surface area contributed by atoms with Crippen LogP contribution >= 0.6 is 0 Å². The Hall–Kier alpha value is -3.59. The van der Waals surface area contributed by atoms with Crippen molar-refractivity contribution < 1.29 is 31.5 Å². The molecule has 0 amide bonds. The maximum atomic E-state index is 13.9. The van der Waals surface area contributed by atoms with E-state index in [-0.39, 0.29) is 38.9 Å². The van der Waals surface area contributed by atoms with Crippen molar-refractivity contribution in [3.05, 3.63) is 101 Å². The van der Waals surface area contributed by atoms with Gasteiger partial charge in [0.05, 0.1) is 21.5 Å². The van der Waals surface area contributed by atoms with Gasteiger partial charge in [-0.1, -0.05) is 45.0 Å². The number of carbonyl (C=O) groups is 1. The summed E-state index contributed by atoms with van der Waals surface area (Å²) in [5.74, 6) is -1.10. The number of benzene rings is 3. The van der Waals surface area contributed by atoms with Gasteiger partial charge in [-0.05, 0) is 65.1 Å². The SMILES string of the molecule is CC(C)(C)c1cccc(S(=O)(=O)n2c(Cc3ccc(C(=O)O)cc3)cc3cc(C(F)(F)F)ccc32)c1. The number of hydrogen-bond donors (Lipinski definition) is 1. The molecule has 1 N–H and O–H groups in total. The van der Waals surface area contributed by atoms with E-state index in [0.29, 0.717) is 5.56 Å². The lowest BCUT2D eigenvalue weighted by atomic mass is 9.87. The minimum Gasteiger partial charge on any atom is -0.478 e. The van der Waals surface area contributed by atoms with E-state index in [0.717, 1.165) is 21.7 Å². The molecule has 0 saturated carbocycles. The molecule has 9 heteroatoms. The van der Waals surface area contributed by atoms with Gasteiger partial charge in [-0.25, -0.2) is 17.2 Å². The largest absolute Gasteiger partial charge is 0.478 e. The van der Waals surface area contributed by atoms with E-state index in [1.807, 2.05) is 26.8 Å². The van der Waals surface area contributed by atoms with Gasteiger partial charge >= 0.3 is 12.1 Å². The minimum absolute atomic E-state index is 0.0230. The molecule has 0 radical (unpaired) electrons. The lowest BCUT2D eigenvalue weighted by Crippen LogP contribution is -2.18. The first-order valence-corrected chi connectivity index (χ1v) is 12.5. The first-order chi connectivity index (χ1) is 16.7. The lowest BCUT2D eigenvalue weighted by molar-refractivity contribution is -0.137. The van der Waals surface area contributed by atoms with E-state index in [2.05, 4.69) is 0 Å². The van der Waals surface area contributed by atoms with Crippen LogP contribution in [0.2, 0.25) is 0 Å². The van der Waals surface area contributed by atoms with E-state index < -0.39 is 27.7 Å². The number of aromatic nitrogens is 1. The number of hydrogen-bond acceptors (Lipinski definition) is 3. The van der Waals surface area contributed by atoms with Gasteiger partial charge in [0.1, 0.15) is 0 Å². The van der Waals surface area contributed by atoms with Crippen molar-refractivity contribution in [1.82, 2.24) is 3.97 Å². The molecule has 0 saturated heterocycles. The highest BCUT2D eigenvalue weighted by Gasteiger charge is 2.32. The molecule has 1 heterocycles. The summed E-state index contributed by atoms with van der Waals surface area (Å²) in [5.41, 5.74) is 0.664. The minimum atomic E-state index is -4.58. The van der Waals surface area contributed by atoms with Gasteiger partial charge in [0, 0.05) is 17.5 Å².